The summed E-state index contributed by atoms with van der Waals surface area (Å²) in [6.45, 7) is 2.36. The molecular formula is C15H18ClN3O. The van der Waals surface area contributed by atoms with Crippen molar-refractivity contribution in [3.8, 4) is 0 Å². The van der Waals surface area contributed by atoms with Gasteiger partial charge >= 0.3 is 0 Å². The van der Waals surface area contributed by atoms with Gasteiger partial charge in [-0.05, 0) is 31.4 Å². The van der Waals surface area contributed by atoms with Crippen molar-refractivity contribution in [1.29, 1.82) is 0 Å². The van der Waals surface area contributed by atoms with Crippen molar-refractivity contribution in [2.75, 3.05) is 5.88 Å². The standard InChI is InChI=1S/C15H18ClN3O/c1-10-3-2-4-12-15(10)18-13(7-8-16)19(12)9-14(20)17-11-5-6-11/h2-4,11H,5-9H2,1H3,(H,17,20). The first-order chi connectivity index (χ1) is 9.69. The lowest BCUT2D eigenvalue weighted by Crippen LogP contribution is -2.29. The smallest absolute Gasteiger partial charge is 0.240 e. The van der Waals surface area contributed by atoms with Gasteiger partial charge in [-0.25, -0.2) is 4.98 Å². The van der Waals surface area contributed by atoms with Gasteiger partial charge < -0.3 is 9.88 Å². The Balaban J connectivity index is 1.95. The number of benzene rings is 1. The minimum atomic E-state index is 0.0594. The van der Waals surface area contributed by atoms with Gasteiger partial charge in [0, 0.05) is 18.3 Å². The summed E-state index contributed by atoms with van der Waals surface area (Å²) in [7, 11) is 0. The highest BCUT2D eigenvalue weighted by molar-refractivity contribution is 6.17. The topological polar surface area (TPSA) is 46.9 Å². The van der Waals surface area contributed by atoms with E-state index in [1.54, 1.807) is 0 Å². The molecule has 0 radical (unpaired) electrons. The van der Waals surface area contributed by atoms with Crippen molar-refractivity contribution in [1.82, 2.24) is 14.9 Å². The lowest BCUT2D eigenvalue weighted by Gasteiger charge is -2.09. The van der Waals surface area contributed by atoms with Crippen LogP contribution in [0.15, 0.2) is 18.2 Å². The van der Waals surface area contributed by atoms with Crippen molar-refractivity contribution in [2.45, 2.75) is 38.8 Å². The van der Waals surface area contributed by atoms with Gasteiger partial charge in [-0.1, -0.05) is 12.1 Å². The molecule has 1 heterocycles. The van der Waals surface area contributed by atoms with Gasteiger partial charge in [-0.15, -0.1) is 11.6 Å². The summed E-state index contributed by atoms with van der Waals surface area (Å²) < 4.78 is 1.99. The number of imidazole rings is 1. The molecule has 0 unspecified atom stereocenters. The van der Waals surface area contributed by atoms with Gasteiger partial charge in [0.25, 0.3) is 0 Å². The van der Waals surface area contributed by atoms with E-state index in [0.29, 0.717) is 24.9 Å². The molecule has 1 aliphatic rings. The number of aromatic nitrogens is 2. The number of aryl methyl sites for hydroxylation is 2. The van der Waals surface area contributed by atoms with Gasteiger partial charge in [0.1, 0.15) is 12.4 Å². The molecule has 0 aliphatic heterocycles. The molecule has 4 nitrogen and oxygen atoms in total. The Morgan fingerprint density at radius 1 is 1.50 bits per heavy atom. The summed E-state index contributed by atoms with van der Waals surface area (Å²) in [6, 6.07) is 6.43. The molecule has 3 rings (SSSR count). The predicted octanol–water partition coefficient (Wildman–Crippen LogP) is 2.40. The van der Waals surface area contributed by atoms with Crippen LogP contribution in [0, 0.1) is 6.92 Å². The van der Waals surface area contributed by atoms with Crippen molar-refractivity contribution in [2.24, 2.45) is 0 Å². The number of nitrogens with zero attached hydrogens (tertiary/aromatic N) is 2. The summed E-state index contributed by atoms with van der Waals surface area (Å²) >= 11 is 5.85. The number of alkyl halides is 1. The Hall–Kier alpha value is -1.55. The number of carbonyl (C=O) groups excluding carboxylic acids is 1. The van der Waals surface area contributed by atoms with E-state index >= 15 is 0 Å². The fraction of sp³-hybridized carbons (Fsp3) is 0.467. The maximum Gasteiger partial charge on any atom is 0.240 e. The third kappa shape index (κ3) is 2.66. The minimum Gasteiger partial charge on any atom is -0.352 e. The molecule has 1 aliphatic carbocycles. The van der Waals surface area contributed by atoms with Crippen molar-refractivity contribution >= 4 is 28.5 Å². The zero-order valence-corrected chi connectivity index (χ0v) is 12.3. The SMILES string of the molecule is Cc1cccc2c1nc(CCCl)n2CC(=O)NC1CC1. The van der Waals surface area contributed by atoms with E-state index in [-0.39, 0.29) is 5.91 Å². The van der Waals surface area contributed by atoms with Crippen LogP contribution in [0.25, 0.3) is 11.0 Å². The average molecular weight is 292 g/mol. The van der Waals surface area contributed by atoms with Crippen molar-refractivity contribution < 1.29 is 4.79 Å². The molecular weight excluding hydrogens is 274 g/mol. The number of fused-ring (bicyclic) bond motifs is 1. The Labute approximate surface area is 123 Å². The molecule has 1 N–H and O–H groups in total. The Morgan fingerprint density at radius 2 is 2.30 bits per heavy atom. The number of carbonyl (C=O) groups is 1. The van der Waals surface area contributed by atoms with Crippen LogP contribution in [0.1, 0.15) is 24.2 Å². The number of rotatable bonds is 5. The second kappa shape index (κ2) is 5.44. The van der Waals surface area contributed by atoms with E-state index in [9.17, 15) is 4.79 Å². The third-order valence-corrected chi connectivity index (χ3v) is 3.81. The Morgan fingerprint density at radius 3 is 3.00 bits per heavy atom. The average Bonchev–Trinajstić information content (AvgIpc) is 3.15. The quantitative estimate of drug-likeness (QED) is 0.860. The first-order valence-corrected chi connectivity index (χ1v) is 7.52. The van der Waals surface area contributed by atoms with E-state index in [2.05, 4.69) is 10.3 Å². The minimum absolute atomic E-state index is 0.0594. The molecule has 1 aromatic heterocycles. The first kappa shape index (κ1) is 13.4. The second-order valence-corrected chi connectivity index (χ2v) is 5.72. The summed E-state index contributed by atoms with van der Waals surface area (Å²) in [4.78, 5) is 16.7. The molecule has 1 amide bonds. The van der Waals surface area contributed by atoms with Crippen LogP contribution in [-0.4, -0.2) is 27.4 Å². The van der Waals surface area contributed by atoms with Crippen LogP contribution >= 0.6 is 11.6 Å². The summed E-state index contributed by atoms with van der Waals surface area (Å²) in [5.41, 5.74) is 3.10. The van der Waals surface area contributed by atoms with E-state index in [0.717, 1.165) is 35.3 Å². The highest BCUT2D eigenvalue weighted by Gasteiger charge is 2.24. The number of para-hydroxylation sites is 1. The first-order valence-electron chi connectivity index (χ1n) is 6.99. The van der Waals surface area contributed by atoms with Crippen LogP contribution < -0.4 is 5.32 Å². The van der Waals surface area contributed by atoms with Crippen LogP contribution in [0.2, 0.25) is 0 Å². The highest BCUT2D eigenvalue weighted by atomic mass is 35.5. The fourth-order valence-electron chi connectivity index (χ4n) is 2.43. The van der Waals surface area contributed by atoms with Crippen LogP contribution in [0.5, 0.6) is 0 Å². The molecule has 1 saturated carbocycles. The van der Waals surface area contributed by atoms with Gasteiger partial charge in [0.15, 0.2) is 0 Å². The van der Waals surface area contributed by atoms with E-state index in [4.69, 9.17) is 11.6 Å². The van der Waals surface area contributed by atoms with Gasteiger partial charge in [0.2, 0.25) is 5.91 Å². The zero-order chi connectivity index (χ0) is 14.1. The number of amides is 1. The molecule has 1 aromatic carbocycles. The van der Waals surface area contributed by atoms with Gasteiger partial charge in [0.05, 0.1) is 11.0 Å². The summed E-state index contributed by atoms with van der Waals surface area (Å²) in [5, 5.41) is 3.02. The fourth-order valence-corrected chi connectivity index (χ4v) is 2.60. The molecule has 5 heteroatoms. The predicted molar refractivity (Wildman–Crippen MR) is 80.1 cm³/mol. The van der Waals surface area contributed by atoms with E-state index < -0.39 is 0 Å². The normalized spacial score (nSPS) is 14.7. The Bertz CT molecular complexity index is 646. The molecule has 0 spiro atoms. The highest BCUT2D eigenvalue weighted by Crippen LogP contribution is 2.21. The van der Waals surface area contributed by atoms with Gasteiger partial charge in [-0.2, -0.15) is 0 Å². The molecule has 0 atom stereocenters. The zero-order valence-electron chi connectivity index (χ0n) is 11.5. The van der Waals surface area contributed by atoms with Crippen LogP contribution in [0.3, 0.4) is 0 Å². The molecule has 20 heavy (non-hydrogen) atoms. The molecule has 2 aromatic rings. The monoisotopic (exact) mass is 291 g/mol. The lowest BCUT2D eigenvalue weighted by molar-refractivity contribution is -0.121. The summed E-state index contributed by atoms with van der Waals surface area (Å²) in [6.07, 6.45) is 2.88. The molecule has 1 fully saturated rings. The number of hydrogen-bond acceptors (Lipinski definition) is 2. The van der Waals surface area contributed by atoms with Crippen molar-refractivity contribution in [3.05, 3.63) is 29.6 Å². The lowest BCUT2D eigenvalue weighted by atomic mass is 10.2. The molecule has 0 saturated heterocycles. The second-order valence-electron chi connectivity index (χ2n) is 5.34. The van der Waals surface area contributed by atoms with Gasteiger partial charge in [-0.3, -0.25) is 4.79 Å². The number of halogens is 1. The Kier molecular flexibility index (Phi) is 3.66. The molecule has 106 valence electrons. The largest absolute Gasteiger partial charge is 0.352 e. The third-order valence-electron chi connectivity index (χ3n) is 3.62. The maximum absolute atomic E-state index is 12.1. The molecule has 0 bridgehead atoms. The van der Waals surface area contributed by atoms with Crippen LogP contribution in [-0.2, 0) is 17.8 Å². The maximum atomic E-state index is 12.1. The number of hydrogen-bond donors (Lipinski definition) is 1. The van der Waals surface area contributed by atoms with E-state index in [1.165, 1.54) is 0 Å². The van der Waals surface area contributed by atoms with Crippen LogP contribution in [0.4, 0.5) is 0 Å². The van der Waals surface area contributed by atoms with E-state index in [1.807, 2.05) is 29.7 Å². The number of nitrogens with one attached hydrogen (secondary N) is 1. The summed E-state index contributed by atoms with van der Waals surface area (Å²) in [5.74, 6) is 1.45. The van der Waals surface area contributed by atoms with Crippen molar-refractivity contribution in [3.63, 3.8) is 0 Å².